The van der Waals surface area contributed by atoms with Gasteiger partial charge in [0.1, 0.15) is 11.3 Å². The molecule has 0 saturated carbocycles. The number of para-hydroxylation sites is 1. The lowest BCUT2D eigenvalue weighted by Crippen LogP contribution is -2.33. The normalized spacial score (nSPS) is 10.7. The SMILES string of the molecule is COc1ccc2sc(N(CCCN(C)C)C(=O)c3ccccc3[N+](=O)[O-])nc2c1.Cl. The number of carbonyl (C=O) groups is 1. The number of amides is 1. The molecule has 1 amide bonds. The van der Waals surface area contributed by atoms with E-state index in [9.17, 15) is 14.9 Å². The van der Waals surface area contributed by atoms with E-state index in [1.807, 2.05) is 37.2 Å². The van der Waals surface area contributed by atoms with E-state index in [0.717, 1.165) is 16.8 Å². The van der Waals surface area contributed by atoms with Crippen LogP contribution in [0.2, 0.25) is 0 Å². The van der Waals surface area contributed by atoms with Crippen LogP contribution in [-0.2, 0) is 0 Å². The number of nitro benzene ring substituents is 1. The molecule has 0 saturated heterocycles. The average molecular weight is 451 g/mol. The van der Waals surface area contributed by atoms with Gasteiger partial charge in [-0.1, -0.05) is 23.5 Å². The second-order valence-corrected chi connectivity index (χ2v) is 7.73. The molecule has 8 nitrogen and oxygen atoms in total. The number of fused-ring (bicyclic) bond motifs is 1. The van der Waals surface area contributed by atoms with E-state index in [2.05, 4.69) is 4.98 Å². The topological polar surface area (TPSA) is 88.8 Å². The van der Waals surface area contributed by atoms with Crippen molar-refractivity contribution in [1.29, 1.82) is 0 Å². The van der Waals surface area contributed by atoms with Crippen molar-refractivity contribution >= 4 is 50.7 Å². The smallest absolute Gasteiger partial charge is 0.282 e. The number of ether oxygens (including phenoxy) is 1. The first-order valence-electron chi connectivity index (χ1n) is 9.05. The maximum atomic E-state index is 13.3. The number of hydrogen-bond acceptors (Lipinski definition) is 7. The van der Waals surface area contributed by atoms with Gasteiger partial charge < -0.3 is 9.64 Å². The van der Waals surface area contributed by atoms with Gasteiger partial charge in [-0.05, 0) is 45.3 Å². The molecule has 3 aromatic rings. The molecule has 0 N–H and O–H groups in total. The average Bonchev–Trinajstić information content (AvgIpc) is 3.13. The molecule has 0 bridgehead atoms. The number of thiazole rings is 1. The summed E-state index contributed by atoms with van der Waals surface area (Å²) in [5.41, 5.74) is 0.564. The van der Waals surface area contributed by atoms with Gasteiger partial charge in [-0.3, -0.25) is 19.8 Å². The third kappa shape index (κ3) is 5.24. The summed E-state index contributed by atoms with van der Waals surface area (Å²) in [5.74, 6) is 0.251. The van der Waals surface area contributed by atoms with Crippen molar-refractivity contribution in [1.82, 2.24) is 9.88 Å². The van der Waals surface area contributed by atoms with Crippen LogP contribution >= 0.6 is 23.7 Å². The third-order valence-electron chi connectivity index (χ3n) is 4.38. The van der Waals surface area contributed by atoms with Crippen LogP contribution in [-0.4, -0.2) is 55.0 Å². The van der Waals surface area contributed by atoms with E-state index in [1.54, 1.807) is 19.2 Å². The number of nitro groups is 1. The number of carbonyl (C=O) groups excluding carboxylic acids is 1. The van der Waals surface area contributed by atoms with E-state index in [1.165, 1.54) is 28.4 Å². The van der Waals surface area contributed by atoms with Crippen molar-refractivity contribution in [3.8, 4) is 5.75 Å². The number of benzene rings is 2. The maximum absolute atomic E-state index is 13.3. The molecule has 30 heavy (non-hydrogen) atoms. The molecule has 0 aliphatic carbocycles. The van der Waals surface area contributed by atoms with Crippen molar-refractivity contribution in [3.05, 3.63) is 58.1 Å². The molecule has 0 fully saturated rings. The van der Waals surface area contributed by atoms with Gasteiger partial charge in [0.2, 0.25) is 0 Å². The molecule has 10 heteroatoms. The predicted molar refractivity (Wildman–Crippen MR) is 121 cm³/mol. The fourth-order valence-electron chi connectivity index (χ4n) is 2.93. The summed E-state index contributed by atoms with van der Waals surface area (Å²) >= 11 is 1.38. The highest BCUT2D eigenvalue weighted by Crippen LogP contribution is 2.33. The monoisotopic (exact) mass is 450 g/mol. The van der Waals surface area contributed by atoms with Crippen LogP contribution in [0.15, 0.2) is 42.5 Å². The number of methoxy groups -OCH3 is 1. The van der Waals surface area contributed by atoms with Crippen molar-refractivity contribution in [2.75, 3.05) is 39.2 Å². The maximum Gasteiger partial charge on any atom is 0.282 e. The summed E-state index contributed by atoms with van der Waals surface area (Å²) in [7, 11) is 5.50. The Hall–Kier alpha value is -2.75. The van der Waals surface area contributed by atoms with E-state index in [-0.39, 0.29) is 23.7 Å². The molecule has 0 aliphatic rings. The van der Waals surface area contributed by atoms with Gasteiger partial charge >= 0.3 is 0 Å². The number of anilines is 1. The zero-order valence-corrected chi connectivity index (χ0v) is 18.5. The van der Waals surface area contributed by atoms with E-state index in [0.29, 0.717) is 23.8 Å². The van der Waals surface area contributed by atoms with Crippen LogP contribution < -0.4 is 9.64 Å². The number of hydrogen-bond donors (Lipinski definition) is 0. The van der Waals surface area contributed by atoms with E-state index < -0.39 is 10.8 Å². The van der Waals surface area contributed by atoms with Crippen LogP contribution in [0.4, 0.5) is 10.8 Å². The van der Waals surface area contributed by atoms with Crippen molar-refractivity contribution in [3.63, 3.8) is 0 Å². The van der Waals surface area contributed by atoms with Crippen molar-refractivity contribution in [2.24, 2.45) is 0 Å². The molecule has 0 atom stereocenters. The molecular formula is C20H23ClN4O4S. The second-order valence-electron chi connectivity index (χ2n) is 6.72. The Kier molecular flexibility index (Phi) is 8.10. The lowest BCUT2D eigenvalue weighted by Gasteiger charge is -2.21. The Morgan fingerprint density at radius 1 is 1.20 bits per heavy atom. The lowest BCUT2D eigenvalue weighted by atomic mass is 10.1. The van der Waals surface area contributed by atoms with Gasteiger partial charge in [0, 0.05) is 18.7 Å². The molecule has 0 unspecified atom stereocenters. The highest BCUT2D eigenvalue weighted by molar-refractivity contribution is 7.22. The minimum atomic E-state index is -0.533. The molecule has 2 aromatic carbocycles. The Balaban J connectivity index is 0.00000320. The van der Waals surface area contributed by atoms with E-state index >= 15 is 0 Å². The number of nitrogens with zero attached hydrogens (tertiary/aromatic N) is 4. The Morgan fingerprint density at radius 2 is 1.93 bits per heavy atom. The molecular weight excluding hydrogens is 428 g/mol. The van der Waals surface area contributed by atoms with Crippen molar-refractivity contribution < 1.29 is 14.5 Å². The molecule has 3 rings (SSSR count). The Labute approximate surface area is 184 Å². The minimum absolute atomic E-state index is 0. The molecule has 0 radical (unpaired) electrons. The Morgan fingerprint density at radius 3 is 2.60 bits per heavy atom. The number of halogens is 1. The highest BCUT2D eigenvalue weighted by atomic mass is 35.5. The summed E-state index contributed by atoms with van der Waals surface area (Å²) in [6.45, 7) is 1.18. The predicted octanol–water partition coefficient (Wildman–Crippen LogP) is 4.23. The molecule has 1 heterocycles. The zero-order chi connectivity index (χ0) is 21.0. The standard InChI is InChI=1S/C20H22N4O4S.ClH/c1-22(2)11-6-12-23(19(25)15-7-4-5-8-17(15)24(26)27)20-21-16-13-14(28-3)9-10-18(16)29-20;/h4-5,7-10,13H,6,11-12H2,1-3H3;1H. The molecule has 0 spiro atoms. The molecule has 0 aliphatic heterocycles. The Bertz CT molecular complexity index is 1040. The zero-order valence-electron chi connectivity index (χ0n) is 16.9. The third-order valence-corrected chi connectivity index (χ3v) is 5.44. The minimum Gasteiger partial charge on any atom is -0.497 e. The van der Waals surface area contributed by atoms with E-state index in [4.69, 9.17) is 4.74 Å². The summed E-state index contributed by atoms with van der Waals surface area (Å²) in [5, 5.41) is 11.9. The summed E-state index contributed by atoms with van der Waals surface area (Å²) < 4.78 is 6.16. The van der Waals surface area contributed by atoms with Gasteiger partial charge in [0.15, 0.2) is 5.13 Å². The number of rotatable bonds is 8. The first-order valence-corrected chi connectivity index (χ1v) is 9.87. The summed E-state index contributed by atoms with van der Waals surface area (Å²) in [6, 6.07) is 11.5. The lowest BCUT2D eigenvalue weighted by molar-refractivity contribution is -0.385. The fraction of sp³-hybridized carbons (Fsp3) is 0.300. The van der Waals surface area contributed by atoms with Gasteiger partial charge in [-0.25, -0.2) is 4.98 Å². The second kappa shape index (κ2) is 10.3. The van der Waals surface area contributed by atoms with Crippen molar-refractivity contribution in [2.45, 2.75) is 6.42 Å². The first-order chi connectivity index (χ1) is 13.9. The van der Waals surface area contributed by atoms with Gasteiger partial charge in [-0.2, -0.15) is 0 Å². The highest BCUT2D eigenvalue weighted by Gasteiger charge is 2.27. The van der Waals surface area contributed by atoms with Crippen LogP contribution in [0, 0.1) is 10.1 Å². The molecule has 160 valence electrons. The quantitative estimate of drug-likeness (QED) is 0.377. The van der Waals surface area contributed by atoms with Crippen LogP contribution in [0.5, 0.6) is 5.75 Å². The number of aromatic nitrogens is 1. The van der Waals surface area contributed by atoms with Gasteiger partial charge in [0.05, 0.1) is 22.2 Å². The summed E-state index contributed by atoms with van der Waals surface area (Å²) in [6.07, 6.45) is 0.707. The summed E-state index contributed by atoms with van der Waals surface area (Å²) in [4.78, 5) is 32.3. The fourth-order valence-corrected chi connectivity index (χ4v) is 3.90. The van der Waals surface area contributed by atoms with Crippen LogP contribution in [0.25, 0.3) is 10.2 Å². The van der Waals surface area contributed by atoms with Gasteiger partial charge in [0.25, 0.3) is 11.6 Å². The largest absolute Gasteiger partial charge is 0.497 e. The molecule has 1 aromatic heterocycles. The van der Waals surface area contributed by atoms with Crippen LogP contribution in [0.1, 0.15) is 16.8 Å². The van der Waals surface area contributed by atoms with Gasteiger partial charge in [-0.15, -0.1) is 12.4 Å². The first kappa shape index (κ1) is 23.5. The van der Waals surface area contributed by atoms with Crippen LogP contribution in [0.3, 0.4) is 0 Å².